The first-order chi connectivity index (χ1) is 12.2. The summed E-state index contributed by atoms with van der Waals surface area (Å²) in [5, 5.41) is 0. The van der Waals surface area contributed by atoms with Gasteiger partial charge in [-0.15, -0.1) is 0 Å². The molecule has 144 valence electrons. The Morgan fingerprint density at radius 1 is 1.19 bits per heavy atom. The number of hydrogen-bond donors (Lipinski definition) is 1. The molecule has 0 amide bonds. The van der Waals surface area contributed by atoms with E-state index in [-0.39, 0.29) is 23.1 Å². The van der Waals surface area contributed by atoms with Crippen molar-refractivity contribution < 1.29 is 26.3 Å². The second kappa shape index (κ2) is 6.47. The zero-order valence-electron chi connectivity index (χ0n) is 14.1. The van der Waals surface area contributed by atoms with Gasteiger partial charge in [0.05, 0.1) is 23.2 Å². The van der Waals surface area contributed by atoms with Gasteiger partial charge in [0.2, 0.25) is 10.0 Å². The number of nitrogens with one attached hydrogen (secondary N) is 1. The Labute approximate surface area is 150 Å². The van der Waals surface area contributed by atoms with Crippen LogP contribution in [0.4, 0.5) is 13.2 Å². The Balaban J connectivity index is 1.44. The minimum atomic E-state index is -4.57. The highest BCUT2D eigenvalue weighted by molar-refractivity contribution is 7.89. The molecule has 1 aliphatic carbocycles. The average molecular weight is 390 g/mol. The monoisotopic (exact) mass is 390 g/mol. The Hall–Kier alpha value is -1.16. The fraction of sp³-hybridized carbons (Fsp3) is 0.647. The van der Waals surface area contributed by atoms with Crippen molar-refractivity contribution >= 4 is 10.0 Å². The van der Waals surface area contributed by atoms with Gasteiger partial charge in [-0.3, -0.25) is 4.90 Å². The predicted molar refractivity (Wildman–Crippen MR) is 88.0 cm³/mol. The first kappa shape index (κ1) is 18.2. The molecule has 9 heteroatoms. The molecule has 3 atom stereocenters. The SMILES string of the molecule is O=S(=O)(N[C@@H]1C[C@H]2CO[C@H](C3CC3)CN2C1)c1cccc(C(F)(F)F)c1. The maximum absolute atomic E-state index is 12.8. The van der Waals surface area contributed by atoms with Crippen molar-refractivity contribution in [3.05, 3.63) is 29.8 Å². The number of nitrogens with zero attached hydrogens (tertiary/aromatic N) is 1. The van der Waals surface area contributed by atoms with Crippen molar-refractivity contribution in [2.24, 2.45) is 5.92 Å². The number of hydrogen-bond acceptors (Lipinski definition) is 4. The fourth-order valence-corrected chi connectivity index (χ4v) is 5.15. The minimum Gasteiger partial charge on any atom is -0.375 e. The lowest BCUT2D eigenvalue weighted by atomic mass is 10.1. The summed E-state index contributed by atoms with van der Waals surface area (Å²) in [4.78, 5) is 1.88. The van der Waals surface area contributed by atoms with E-state index in [0.717, 1.165) is 18.7 Å². The standard InChI is InChI=1S/C17H21F3N2O3S/c18-17(19,20)12-2-1-3-15(6-12)26(23,24)21-13-7-14-10-25-16(11-4-5-11)9-22(14)8-13/h1-3,6,11,13-14,16,21H,4-5,7-10H2/t13-,14+,16+/m1/s1. The molecule has 1 N–H and O–H groups in total. The van der Waals surface area contributed by atoms with Crippen LogP contribution in [0.25, 0.3) is 0 Å². The van der Waals surface area contributed by atoms with Crippen LogP contribution in [0.1, 0.15) is 24.8 Å². The van der Waals surface area contributed by atoms with Crippen molar-refractivity contribution in [1.82, 2.24) is 9.62 Å². The molecule has 0 aromatic heterocycles. The van der Waals surface area contributed by atoms with Gasteiger partial charge in [-0.25, -0.2) is 13.1 Å². The summed E-state index contributed by atoms with van der Waals surface area (Å²) in [6.07, 6.45) is -1.36. The molecule has 0 radical (unpaired) electrons. The maximum atomic E-state index is 12.8. The molecule has 0 bridgehead atoms. The summed E-state index contributed by atoms with van der Waals surface area (Å²) in [6, 6.07) is 3.69. The van der Waals surface area contributed by atoms with E-state index >= 15 is 0 Å². The number of fused-ring (bicyclic) bond motifs is 1. The van der Waals surface area contributed by atoms with Crippen molar-refractivity contribution in [2.75, 3.05) is 19.7 Å². The summed E-state index contributed by atoms with van der Waals surface area (Å²) < 4.78 is 72.0. The van der Waals surface area contributed by atoms with Gasteiger partial charge in [-0.05, 0) is 43.4 Å². The highest BCUT2D eigenvalue weighted by Crippen LogP contribution is 2.38. The average Bonchev–Trinajstić information content (AvgIpc) is 3.34. The van der Waals surface area contributed by atoms with E-state index in [1.54, 1.807) is 0 Å². The van der Waals surface area contributed by atoms with Gasteiger partial charge in [0, 0.05) is 25.2 Å². The molecule has 5 nitrogen and oxygen atoms in total. The summed E-state index contributed by atoms with van der Waals surface area (Å²) >= 11 is 0. The Kier molecular flexibility index (Phi) is 4.53. The van der Waals surface area contributed by atoms with E-state index in [4.69, 9.17) is 4.74 Å². The summed E-state index contributed by atoms with van der Waals surface area (Å²) in [6.45, 7) is 1.95. The summed E-state index contributed by atoms with van der Waals surface area (Å²) in [7, 11) is -4.00. The third kappa shape index (κ3) is 3.76. The van der Waals surface area contributed by atoms with Gasteiger partial charge in [-0.1, -0.05) is 6.07 Å². The largest absolute Gasteiger partial charge is 0.416 e. The summed E-state index contributed by atoms with van der Waals surface area (Å²) in [5.74, 6) is 0.622. The van der Waals surface area contributed by atoms with Gasteiger partial charge in [0.15, 0.2) is 0 Å². The van der Waals surface area contributed by atoms with Crippen LogP contribution >= 0.6 is 0 Å². The Morgan fingerprint density at radius 2 is 1.96 bits per heavy atom. The Morgan fingerprint density at radius 3 is 2.65 bits per heavy atom. The number of morpholine rings is 1. The lowest BCUT2D eigenvalue weighted by Crippen LogP contribution is -2.47. The van der Waals surface area contributed by atoms with Gasteiger partial charge >= 0.3 is 6.18 Å². The van der Waals surface area contributed by atoms with Crippen LogP contribution in [0, 0.1) is 5.92 Å². The van der Waals surface area contributed by atoms with Crippen LogP contribution in [0.2, 0.25) is 0 Å². The molecule has 1 saturated carbocycles. The normalized spacial score (nSPS) is 30.3. The third-order valence-electron chi connectivity index (χ3n) is 5.39. The number of ether oxygens (including phenoxy) is 1. The third-order valence-corrected chi connectivity index (χ3v) is 6.90. The molecule has 2 heterocycles. The van der Waals surface area contributed by atoms with Crippen LogP contribution in [0.5, 0.6) is 0 Å². The van der Waals surface area contributed by atoms with E-state index in [1.165, 1.54) is 18.9 Å². The van der Waals surface area contributed by atoms with Crippen molar-refractivity contribution in [3.63, 3.8) is 0 Å². The van der Waals surface area contributed by atoms with Gasteiger partial charge in [0.25, 0.3) is 0 Å². The Bertz CT molecular complexity index is 780. The highest BCUT2D eigenvalue weighted by atomic mass is 32.2. The molecular formula is C17H21F3N2O3S. The summed E-state index contributed by atoms with van der Waals surface area (Å²) in [5.41, 5.74) is -0.968. The molecule has 1 aromatic rings. The molecule has 4 rings (SSSR count). The first-order valence-electron chi connectivity index (χ1n) is 8.77. The van der Waals surface area contributed by atoms with E-state index in [0.29, 0.717) is 31.6 Å². The zero-order chi connectivity index (χ0) is 18.5. The zero-order valence-corrected chi connectivity index (χ0v) is 14.9. The van der Waals surface area contributed by atoms with E-state index in [2.05, 4.69) is 9.62 Å². The van der Waals surface area contributed by atoms with Crippen molar-refractivity contribution in [3.8, 4) is 0 Å². The van der Waals surface area contributed by atoms with Crippen LogP contribution in [0.15, 0.2) is 29.2 Å². The molecular weight excluding hydrogens is 369 g/mol. The number of sulfonamides is 1. The fourth-order valence-electron chi connectivity index (χ4n) is 3.87. The maximum Gasteiger partial charge on any atom is 0.416 e. The van der Waals surface area contributed by atoms with Gasteiger partial charge < -0.3 is 4.74 Å². The molecule has 2 saturated heterocycles. The van der Waals surface area contributed by atoms with Crippen LogP contribution in [-0.2, 0) is 20.9 Å². The lowest BCUT2D eigenvalue weighted by molar-refractivity contribution is -0.137. The van der Waals surface area contributed by atoms with E-state index in [1.807, 2.05) is 0 Å². The predicted octanol–water partition coefficient (Wildman–Crippen LogP) is 2.24. The molecule has 3 fully saturated rings. The number of alkyl halides is 3. The second-order valence-corrected chi connectivity index (χ2v) is 9.11. The number of halogens is 3. The van der Waals surface area contributed by atoms with E-state index in [9.17, 15) is 21.6 Å². The molecule has 1 aromatic carbocycles. The number of rotatable bonds is 4. The van der Waals surface area contributed by atoms with Crippen molar-refractivity contribution in [1.29, 1.82) is 0 Å². The molecule has 2 aliphatic heterocycles. The topological polar surface area (TPSA) is 58.6 Å². The molecule has 0 spiro atoms. The van der Waals surface area contributed by atoms with Crippen molar-refractivity contribution in [2.45, 2.75) is 48.5 Å². The second-order valence-electron chi connectivity index (χ2n) is 7.40. The van der Waals surface area contributed by atoms with E-state index < -0.39 is 21.8 Å². The highest BCUT2D eigenvalue weighted by Gasteiger charge is 2.43. The lowest BCUT2D eigenvalue weighted by Gasteiger charge is -2.35. The van der Waals surface area contributed by atoms with Crippen LogP contribution in [-0.4, -0.2) is 51.2 Å². The molecule has 0 unspecified atom stereocenters. The quantitative estimate of drug-likeness (QED) is 0.857. The number of benzene rings is 1. The van der Waals surface area contributed by atoms with Gasteiger partial charge in [0.1, 0.15) is 0 Å². The van der Waals surface area contributed by atoms with Crippen LogP contribution in [0.3, 0.4) is 0 Å². The first-order valence-corrected chi connectivity index (χ1v) is 10.3. The molecule has 3 aliphatic rings. The smallest absolute Gasteiger partial charge is 0.375 e. The molecule has 26 heavy (non-hydrogen) atoms. The minimum absolute atomic E-state index is 0.166. The van der Waals surface area contributed by atoms with Gasteiger partial charge in [-0.2, -0.15) is 13.2 Å². The van der Waals surface area contributed by atoms with Crippen LogP contribution < -0.4 is 4.72 Å².